The minimum Gasteiger partial charge on any atom is -0.490 e. The molecule has 1 amide bonds. The van der Waals surface area contributed by atoms with Crippen molar-refractivity contribution in [1.82, 2.24) is 5.32 Å². The van der Waals surface area contributed by atoms with Gasteiger partial charge in [0, 0.05) is 34.9 Å². The third kappa shape index (κ3) is 7.32. The van der Waals surface area contributed by atoms with Gasteiger partial charge in [0.05, 0.1) is 13.2 Å². The molecule has 5 nitrogen and oxygen atoms in total. The molecule has 0 saturated heterocycles. The van der Waals surface area contributed by atoms with Gasteiger partial charge in [0.25, 0.3) is 0 Å². The molecular weight excluding hydrogens is 314 g/mol. The normalized spacial score (nSPS) is 12.1. The largest absolute Gasteiger partial charge is 0.490 e. The van der Waals surface area contributed by atoms with E-state index in [1.807, 2.05) is 39.0 Å². The van der Waals surface area contributed by atoms with Crippen LogP contribution < -0.4 is 14.8 Å². The quantitative estimate of drug-likeness (QED) is 0.665. The molecule has 1 aromatic carbocycles. The summed E-state index contributed by atoms with van der Waals surface area (Å²) in [6, 6.07) is 5.53. The van der Waals surface area contributed by atoms with E-state index in [4.69, 9.17) is 9.47 Å². The third-order valence-electron chi connectivity index (χ3n) is 2.95. The lowest BCUT2D eigenvalue weighted by molar-refractivity contribution is -0.116. The van der Waals surface area contributed by atoms with Crippen molar-refractivity contribution in [2.75, 3.05) is 31.3 Å². The monoisotopic (exact) mass is 339 g/mol. The number of hydrogen-bond acceptors (Lipinski definition) is 4. The molecule has 0 aromatic heterocycles. The van der Waals surface area contributed by atoms with E-state index >= 15 is 0 Å². The number of ether oxygens (including phenoxy) is 2. The number of rotatable bonds is 10. The van der Waals surface area contributed by atoms with Crippen molar-refractivity contribution in [2.24, 2.45) is 0 Å². The highest BCUT2D eigenvalue weighted by molar-refractivity contribution is 7.84. The molecule has 1 atom stereocenters. The van der Waals surface area contributed by atoms with Crippen LogP contribution in [0.4, 0.5) is 0 Å². The lowest BCUT2D eigenvalue weighted by Gasteiger charge is -2.11. The van der Waals surface area contributed by atoms with Gasteiger partial charge in [-0.2, -0.15) is 0 Å². The Morgan fingerprint density at radius 1 is 1.17 bits per heavy atom. The molecular formula is C17H25NO4S. The second kappa shape index (κ2) is 10.8. The van der Waals surface area contributed by atoms with Crippen molar-refractivity contribution < 1.29 is 18.5 Å². The van der Waals surface area contributed by atoms with Gasteiger partial charge in [0.15, 0.2) is 11.5 Å². The molecule has 128 valence electrons. The molecule has 0 aliphatic carbocycles. The minimum atomic E-state index is -0.863. The second-order valence-corrected chi connectivity index (χ2v) is 6.49. The third-order valence-corrected chi connectivity index (χ3v) is 4.25. The highest BCUT2D eigenvalue weighted by Gasteiger charge is 2.05. The van der Waals surface area contributed by atoms with E-state index in [1.54, 1.807) is 6.08 Å². The molecule has 1 rings (SSSR count). The molecule has 0 spiro atoms. The predicted molar refractivity (Wildman–Crippen MR) is 94.4 cm³/mol. The molecule has 0 aliphatic rings. The topological polar surface area (TPSA) is 64.6 Å². The molecule has 1 aromatic rings. The fourth-order valence-corrected chi connectivity index (χ4v) is 2.45. The first-order valence-corrected chi connectivity index (χ1v) is 9.30. The summed E-state index contributed by atoms with van der Waals surface area (Å²) < 4.78 is 22.3. The molecule has 1 unspecified atom stereocenters. The summed E-state index contributed by atoms with van der Waals surface area (Å²) in [5.41, 5.74) is 0.851. The smallest absolute Gasteiger partial charge is 0.244 e. The fraction of sp³-hybridized carbons (Fsp3) is 0.471. The van der Waals surface area contributed by atoms with Gasteiger partial charge in [-0.25, -0.2) is 0 Å². The maximum absolute atomic E-state index is 11.7. The Labute approximate surface area is 140 Å². The Kier molecular flexibility index (Phi) is 9.05. The fourth-order valence-electron chi connectivity index (χ4n) is 1.83. The summed E-state index contributed by atoms with van der Waals surface area (Å²) in [4.78, 5) is 11.7. The van der Waals surface area contributed by atoms with E-state index in [0.29, 0.717) is 42.8 Å². The van der Waals surface area contributed by atoms with Crippen LogP contribution in [0.1, 0.15) is 26.3 Å². The van der Waals surface area contributed by atoms with Crippen LogP contribution in [0.2, 0.25) is 0 Å². The maximum atomic E-state index is 11.7. The molecule has 0 heterocycles. The standard InChI is InChI=1S/C17H25NO4S/c1-4-21-15-9-7-14(13-16(15)22-5-2)8-10-17(19)18-11-12-23(20)6-3/h7-10,13H,4-6,11-12H2,1-3H3,(H,18,19)/b10-8+. The summed E-state index contributed by atoms with van der Waals surface area (Å²) in [5, 5.41) is 2.71. The van der Waals surface area contributed by atoms with E-state index in [1.165, 1.54) is 6.08 Å². The number of carbonyl (C=O) groups excluding carboxylic acids is 1. The molecule has 0 radical (unpaired) electrons. The Morgan fingerprint density at radius 2 is 1.87 bits per heavy atom. The Bertz CT molecular complexity index is 558. The van der Waals surface area contributed by atoms with Crippen LogP contribution >= 0.6 is 0 Å². The molecule has 0 bridgehead atoms. The van der Waals surface area contributed by atoms with Crippen LogP contribution in [0.3, 0.4) is 0 Å². The van der Waals surface area contributed by atoms with Crippen LogP contribution in [0.15, 0.2) is 24.3 Å². The molecule has 0 fully saturated rings. The van der Waals surface area contributed by atoms with Gasteiger partial charge < -0.3 is 14.8 Å². The Balaban J connectivity index is 2.63. The average Bonchev–Trinajstić information content (AvgIpc) is 2.55. The highest BCUT2D eigenvalue weighted by Crippen LogP contribution is 2.28. The van der Waals surface area contributed by atoms with Crippen molar-refractivity contribution in [3.63, 3.8) is 0 Å². The Morgan fingerprint density at radius 3 is 2.52 bits per heavy atom. The van der Waals surface area contributed by atoms with Crippen LogP contribution in [0, 0.1) is 0 Å². The van der Waals surface area contributed by atoms with Gasteiger partial charge in [-0.3, -0.25) is 9.00 Å². The average molecular weight is 339 g/mol. The van der Waals surface area contributed by atoms with Crippen molar-refractivity contribution in [1.29, 1.82) is 0 Å². The van der Waals surface area contributed by atoms with Crippen molar-refractivity contribution in [2.45, 2.75) is 20.8 Å². The zero-order valence-electron chi connectivity index (χ0n) is 14.0. The van der Waals surface area contributed by atoms with Crippen LogP contribution in [0.25, 0.3) is 6.08 Å². The van der Waals surface area contributed by atoms with Crippen molar-refractivity contribution in [3.05, 3.63) is 29.8 Å². The van der Waals surface area contributed by atoms with Crippen LogP contribution in [-0.2, 0) is 15.6 Å². The zero-order chi connectivity index (χ0) is 17.1. The van der Waals surface area contributed by atoms with Crippen LogP contribution in [0.5, 0.6) is 11.5 Å². The van der Waals surface area contributed by atoms with Crippen molar-refractivity contribution in [3.8, 4) is 11.5 Å². The van der Waals surface area contributed by atoms with E-state index in [2.05, 4.69) is 5.32 Å². The first-order chi connectivity index (χ1) is 11.1. The number of carbonyl (C=O) groups is 1. The summed E-state index contributed by atoms with van der Waals surface area (Å²) >= 11 is 0. The molecule has 6 heteroatoms. The number of benzene rings is 1. The van der Waals surface area contributed by atoms with E-state index in [-0.39, 0.29) is 5.91 Å². The number of nitrogens with one attached hydrogen (secondary N) is 1. The van der Waals surface area contributed by atoms with Gasteiger partial charge in [-0.05, 0) is 37.6 Å². The molecule has 0 aliphatic heterocycles. The van der Waals surface area contributed by atoms with Crippen LogP contribution in [-0.4, -0.2) is 41.4 Å². The second-order valence-electron chi connectivity index (χ2n) is 4.63. The van der Waals surface area contributed by atoms with Gasteiger partial charge in [0.1, 0.15) is 0 Å². The zero-order valence-corrected chi connectivity index (χ0v) is 14.8. The summed E-state index contributed by atoms with van der Waals surface area (Å²) in [6.45, 7) is 7.21. The van der Waals surface area contributed by atoms with Gasteiger partial charge in [-0.1, -0.05) is 13.0 Å². The maximum Gasteiger partial charge on any atom is 0.244 e. The number of hydrogen-bond donors (Lipinski definition) is 1. The van der Waals surface area contributed by atoms with E-state index < -0.39 is 10.8 Å². The SMILES string of the molecule is CCOc1ccc(/C=C/C(=O)NCCS(=O)CC)cc1OCC. The summed E-state index contributed by atoms with van der Waals surface area (Å²) in [5.74, 6) is 2.24. The van der Waals surface area contributed by atoms with Gasteiger partial charge >= 0.3 is 0 Å². The van der Waals surface area contributed by atoms with Gasteiger partial charge in [0.2, 0.25) is 5.91 Å². The van der Waals surface area contributed by atoms with E-state index in [0.717, 1.165) is 5.56 Å². The lowest BCUT2D eigenvalue weighted by atomic mass is 10.2. The molecule has 23 heavy (non-hydrogen) atoms. The number of amides is 1. The first-order valence-electron chi connectivity index (χ1n) is 7.81. The summed E-state index contributed by atoms with van der Waals surface area (Å²) in [6.07, 6.45) is 3.17. The molecule has 0 saturated carbocycles. The highest BCUT2D eigenvalue weighted by atomic mass is 32.2. The Hall–Kier alpha value is -1.82. The first kappa shape index (κ1) is 19.2. The predicted octanol–water partition coefficient (Wildman–Crippen LogP) is 2.38. The van der Waals surface area contributed by atoms with E-state index in [9.17, 15) is 9.00 Å². The summed E-state index contributed by atoms with van der Waals surface area (Å²) in [7, 11) is -0.863. The minimum absolute atomic E-state index is 0.204. The van der Waals surface area contributed by atoms with Gasteiger partial charge in [-0.15, -0.1) is 0 Å². The lowest BCUT2D eigenvalue weighted by Crippen LogP contribution is -2.26. The molecule has 1 N–H and O–H groups in total. The van der Waals surface area contributed by atoms with Crippen molar-refractivity contribution >= 4 is 22.8 Å².